The third-order valence-electron chi connectivity index (χ3n) is 5.82. The number of carbonyl (C=O) groups is 2. The van der Waals surface area contributed by atoms with Crippen LogP contribution in [0.25, 0.3) is 0 Å². The van der Waals surface area contributed by atoms with Crippen LogP contribution in [-0.4, -0.2) is 36.3 Å². The van der Waals surface area contributed by atoms with E-state index in [9.17, 15) is 9.59 Å². The lowest BCUT2D eigenvalue weighted by Crippen LogP contribution is -2.43. The molecule has 1 aromatic carbocycles. The molecule has 28 heavy (non-hydrogen) atoms. The molecule has 0 bridgehead atoms. The molecule has 2 amide bonds. The number of hydrogen-bond acceptors (Lipinski definition) is 4. The van der Waals surface area contributed by atoms with Crippen molar-refractivity contribution in [2.75, 3.05) is 19.6 Å². The average Bonchev–Trinajstić information content (AvgIpc) is 3.26. The maximum atomic E-state index is 12.3. The van der Waals surface area contributed by atoms with E-state index in [1.54, 1.807) is 0 Å². The SMILES string of the molecule is C[C@@H]1C[C@H]1C(=O)NCC(=O)NC[C@H](c1ccccc1)N1CCc2sccc2C1. The van der Waals surface area contributed by atoms with Gasteiger partial charge in [-0.1, -0.05) is 37.3 Å². The van der Waals surface area contributed by atoms with Gasteiger partial charge in [-0.05, 0) is 41.3 Å². The Labute approximate surface area is 170 Å². The lowest BCUT2D eigenvalue weighted by Gasteiger charge is -2.35. The summed E-state index contributed by atoms with van der Waals surface area (Å²) in [6, 6.07) is 12.7. The molecule has 0 unspecified atom stereocenters. The second-order valence-electron chi connectivity index (χ2n) is 7.86. The van der Waals surface area contributed by atoms with E-state index in [-0.39, 0.29) is 30.3 Å². The van der Waals surface area contributed by atoms with Gasteiger partial charge in [0.25, 0.3) is 0 Å². The largest absolute Gasteiger partial charge is 0.353 e. The number of benzene rings is 1. The molecule has 6 heteroatoms. The fraction of sp³-hybridized carbons (Fsp3) is 0.455. The van der Waals surface area contributed by atoms with Crippen LogP contribution in [0.15, 0.2) is 41.8 Å². The highest BCUT2D eigenvalue weighted by Crippen LogP contribution is 2.37. The molecule has 148 valence electrons. The molecule has 1 aliphatic heterocycles. The predicted molar refractivity (Wildman–Crippen MR) is 111 cm³/mol. The second kappa shape index (κ2) is 8.45. The molecule has 0 radical (unpaired) electrons. The van der Waals surface area contributed by atoms with Gasteiger partial charge in [0.2, 0.25) is 11.8 Å². The van der Waals surface area contributed by atoms with Gasteiger partial charge in [-0.15, -0.1) is 11.3 Å². The molecular weight excluding hydrogens is 370 g/mol. The van der Waals surface area contributed by atoms with E-state index >= 15 is 0 Å². The van der Waals surface area contributed by atoms with E-state index in [0.29, 0.717) is 12.5 Å². The summed E-state index contributed by atoms with van der Waals surface area (Å²) < 4.78 is 0. The van der Waals surface area contributed by atoms with E-state index in [4.69, 9.17) is 0 Å². The third-order valence-corrected chi connectivity index (χ3v) is 6.85. The Bertz CT molecular complexity index is 835. The van der Waals surface area contributed by atoms with Crippen molar-refractivity contribution in [2.45, 2.75) is 32.4 Å². The molecule has 2 N–H and O–H groups in total. The van der Waals surface area contributed by atoms with Gasteiger partial charge in [-0.3, -0.25) is 14.5 Å². The minimum Gasteiger partial charge on any atom is -0.353 e. The monoisotopic (exact) mass is 397 g/mol. The van der Waals surface area contributed by atoms with E-state index in [0.717, 1.165) is 25.9 Å². The van der Waals surface area contributed by atoms with E-state index in [2.05, 4.69) is 46.0 Å². The quantitative estimate of drug-likeness (QED) is 0.755. The first-order chi connectivity index (χ1) is 13.6. The van der Waals surface area contributed by atoms with Crippen LogP contribution in [0.2, 0.25) is 0 Å². The van der Waals surface area contributed by atoms with Crippen molar-refractivity contribution in [3.05, 3.63) is 57.8 Å². The van der Waals surface area contributed by atoms with Gasteiger partial charge < -0.3 is 10.6 Å². The van der Waals surface area contributed by atoms with Crippen LogP contribution in [0.3, 0.4) is 0 Å². The predicted octanol–water partition coefficient (Wildman–Crippen LogP) is 2.74. The summed E-state index contributed by atoms with van der Waals surface area (Å²) in [5.74, 6) is 0.420. The topological polar surface area (TPSA) is 61.4 Å². The van der Waals surface area contributed by atoms with Gasteiger partial charge in [0, 0.05) is 30.4 Å². The van der Waals surface area contributed by atoms with E-state index < -0.39 is 0 Å². The summed E-state index contributed by atoms with van der Waals surface area (Å²) in [6.07, 6.45) is 1.99. The number of nitrogens with zero attached hydrogens (tertiary/aromatic N) is 1. The van der Waals surface area contributed by atoms with Crippen LogP contribution >= 0.6 is 11.3 Å². The Balaban J connectivity index is 1.36. The Kier molecular flexibility index (Phi) is 5.78. The Hall–Kier alpha value is -2.18. The first-order valence-corrected chi connectivity index (χ1v) is 10.9. The second-order valence-corrected chi connectivity index (χ2v) is 8.86. The van der Waals surface area contributed by atoms with Gasteiger partial charge >= 0.3 is 0 Å². The zero-order valence-corrected chi connectivity index (χ0v) is 17.0. The van der Waals surface area contributed by atoms with Crippen molar-refractivity contribution in [1.82, 2.24) is 15.5 Å². The zero-order valence-electron chi connectivity index (χ0n) is 16.2. The summed E-state index contributed by atoms with van der Waals surface area (Å²) in [4.78, 5) is 28.1. The van der Waals surface area contributed by atoms with Crippen molar-refractivity contribution in [3.8, 4) is 0 Å². The van der Waals surface area contributed by atoms with Crippen molar-refractivity contribution < 1.29 is 9.59 Å². The molecule has 0 saturated heterocycles. The summed E-state index contributed by atoms with van der Waals surface area (Å²) >= 11 is 1.83. The van der Waals surface area contributed by atoms with Gasteiger partial charge in [0.15, 0.2) is 0 Å². The molecular formula is C22H27N3O2S. The molecule has 1 aromatic heterocycles. The molecule has 5 nitrogen and oxygen atoms in total. The summed E-state index contributed by atoms with van der Waals surface area (Å²) in [5, 5.41) is 7.96. The summed E-state index contributed by atoms with van der Waals surface area (Å²) in [6.45, 7) is 4.55. The number of rotatable bonds is 7. The molecule has 1 fully saturated rings. The Morgan fingerprint density at radius 2 is 2.00 bits per heavy atom. The van der Waals surface area contributed by atoms with Crippen molar-refractivity contribution >= 4 is 23.2 Å². The van der Waals surface area contributed by atoms with Crippen LogP contribution in [-0.2, 0) is 22.6 Å². The highest BCUT2D eigenvalue weighted by Gasteiger charge is 2.39. The van der Waals surface area contributed by atoms with Crippen LogP contribution in [0.4, 0.5) is 0 Å². The minimum absolute atomic E-state index is 0.00303. The number of hydrogen-bond donors (Lipinski definition) is 2. The molecule has 4 rings (SSSR count). The number of fused-ring (bicyclic) bond motifs is 1. The van der Waals surface area contributed by atoms with Gasteiger partial charge in [0.05, 0.1) is 12.6 Å². The molecule has 2 aliphatic rings. The maximum Gasteiger partial charge on any atom is 0.239 e. The van der Waals surface area contributed by atoms with Crippen molar-refractivity contribution in [3.63, 3.8) is 0 Å². The normalized spacial score (nSPS) is 22.2. The lowest BCUT2D eigenvalue weighted by molar-refractivity contribution is -0.127. The van der Waals surface area contributed by atoms with Crippen LogP contribution in [0.5, 0.6) is 0 Å². The summed E-state index contributed by atoms with van der Waals surface area (Å²) in [5.41, 5.74) is 2.60. The number of thiophene rings is 1. The maximum absolute atomic E-state index is 12.3. The third kappa shape index (κ3) is 4.45. The molecule has 2 aromatic rings. The average molecular weight is 398 g/mol. The lowest BCUT2D eigenvalue weighted by atomic mass is 10.0. The zero-order chi connectivity index (χ0) is 19.5. The van der Waals surface area contributed by atoms with Crippen LogP contribution < -0.4 is 10.6 Å². The molecule has 0 spiro atoms. The first-order valence-electron chi connectivity index (χ1n) is 10.0. The fourth-order valence-electron chi connectivity index (χ4n) is 3.93. The highest BCUT2D eigenvalue weighted by atomic mass is 32.1. The van der Waals surface area contributed by atoms with Gasteiger partial charge in [-0.25, -0.2) is 0 Å². The van der Waals surface area contributed by atoms with Crippen molar-refractivity contribution in [2.24, 2.45) is 11.8 Å². The fourth-order valence-corrected chi connectivity index (χ4v) is 4.82. The number of amides is 2. The standard InChI is InChI=1S/C22H27N3O2S/c1-15-11-18(15)22(27)24-13-21(26)23-12-19(16-5-3-2-4-6-16)25-9-7-20-17(14-25)8-10-28-20/h2-6,8,10,15,18-19H,7,9,11-14H2,1H3,(H,23,26)(H,24,27)/t15-,18-,19-/m1/s1. The Morgan fingerprint density at radius 3 is 2.75 bits per heavy atom. The molecule has 1 aliphatic carbocycles. The van der Waals surface area contributed by atoms with Gasteiger partial charge in [0.1, 0.15) is 0 Å². The smallest absolute Gasteiger partial charge is 0.239 e. The highest BCUT2D eigenvalue weighted by molar-refractivity contribution is 7.10. The molecule has 2 heterocycles. The van der Waals surface area contributed by atoms with Crippen LogP contribution in [0.1, 0.15) is 35.4 Å². The molecule has 1 saturated carbocycles. The van der Waals surface area contributed by atoms with E-state index in [1.165, 1.54) is 16.0 Å². The van der Waals surface area contributed by atoms with Gasteiger partial charge in [-0.2, -0.15) is 0 Å². The minimum atomic E-state index is -0.129. The molecule has 3 atom stereocenters. The number of carbonyl (C=O) groups excluding carboxylic acids is 2. The number of nitrogens with one attached hydrogen (secondary N) is 2. The summed E-state index contributed by atoms with van der Waals surface area (Å²) in [7, 11) is 0. The van der Waals surface area contributed by atoms with E-state index in [1.807, 2.05) is 29.5 Å². The van der Waals surface area contributed by atoms with Crippen molar-refractivity contribution in [1.29, 1.82) is 0 Å². The Morgan fingerprint density at radius 1 is 1.21 bits per heavy atom. The first kappa shape index (κ1) is 19.2. The van der Waals surface area contributed by atoms with Crippen LogP contribution in [0, 0.1) is 11.8 Å².